The maximum atomic E-state index is 12.0. The molecule has 1 aromatic carbocycles. The van der Waals surface area contributed by atoms with E-state index in [0.717, 1.165) is 17.5 Å². The first-order valence-corrected chi connectivity index (χ1v) is 5.67. The molecule has 1 aliphatic carbocycles. The molecule has 1 atom stereocenters. The van der Waals surface area contributed by atoms with E-state index in [9.17, 15) is 4.79 Å². The fraction of sp³-hybridized carbons (Fsp3) is 0.250. The lowest BCUT2D eigenvalue weighted by molar-refractivity contribution is -0.120. The van der Waals surface area contributed by atoms with Crippen molar-refractivity contribution in [3.63, 3.8) is 0 Å². The quantitative estimate of drug-likeness (QED) is 0.745. The number of hydrogen-bond acceptors (Lipinski definition) is 2. The molecule has 0 aromatic heterocycles. The number of halogens is 1. The smallest absolute Gasteiger partial charge is 0.179 e. The molecule has 0 aliphatic heterocycles. The number of carbonyl (C=O) groups is 1. The van der Waals surface area contributed by atoms with Gasteiger partial charge in [0.25, 0.3) is 0 Å². The molecule has 0 radical (unpaired) electrons. The third-order valence-electron chi connectivity index (χ3n) is 3.09. The molecule has 2 N–H and O–H groups in total. The fourth-order valence-electron chi connectivity index (χ4n) is 2.03. The van der Waals surface area contributed by atoms with Crippen LogP contribution in [0.1, 0.15) is 18.4 Å². The third kappa shape index (κ3) is 1.81. The van der Waals surface area contributed by atoms with Gasteiger partial charge in [-0.15, -0.1) is 5.47 Å². The lowest BCUT2D eigenvalue weighted by atomic mass is 9.73. The number of hydrogen-bond donors (Lipinski definition) is 1. The number of rotatable bonds is 1. The molecular weight excluding hydrogens is 220 g/mol. The first kappa shape index (κ1) is 11.4. The summed E-state index contributed by atoms with van der Waals surface area (Å²) >= 11 is 6.10. The van der Waals surface area contributed by atoms with Crippen molar-refractivity contribution in [1.29, 1.82) is 0 Å². The number of nitrogens with two attached hydrogens (primary N) is 1. The van der Waals surface area contributed by atoms with Gasteiger partial charge in [0.2, 0.25) is 0 Å². The highest BCUT2D eigenvalue weighted by atomic mass is 35.5. The van der Waals surface area contributed by atoms with Crippen molar-refractivity contribution in [2.24, 2.45) is 5.73 Å². The molecule has 0 fully saturated rings. The van der Waals surface area contributed by atoms with Gasteiger partial charge < -0.3 is 5.73 Å². The highest BCUT2D eigenvalue weighted by molar-refractivity contribution is 6.32. The highest BCUT2D eigenvalue weighted by Crippen LogP contribution is 2.34. The lowest BCUT2D eigenvalue weighted by Gasteiger charge is -2.31. The Morgan fingerprint density at radius 2 is 2.06 bits per heavy atom. The maximum Gasteiger partial charge on any atom is 0.179 e. The summed E-state index contributed by atoms with van der Waals surface area (Å²) in [5.74, 6) is -0.0515. The van der Waals surface area contributed by atoms with Gasteiger partial charge in [-0.25, -0.2) is 0 Å². The Morgan fingerprint density at radius 1 is 1.38 bits per heavy atom. The second kappa shape index (κ2) is 4.08. The molecule has 0 spiro atoms. The van der Waals surface area contributed by atoms with Gasteiger partial charge in [0, 0.05) is 5.02 Å². The Bertz CT molecular complexity index is 472. The summed E-state index contributed by atoms with van der Waals surface area (Å²) in [5.41, 5.74) is 7.07. The van der Waals surface area contributed by atoms with Crippen molar-refractivity contribution in [3.8, 4) is 0 Å². The molecule has 2 rings (SSSR count). The van der Waals surface area contributed by atoms with Gasteiger partial charge in [0.15, 0.2) is 5.78 Å². The first-order chi connectivity index (χ1) is 7.54. The zero-order valence-electron chi connectivity index (χ0n) is 9.16. The van der Waals surface area contributed by atoms with E-state index < -0.39 is 5.54 Å². The third-order valence-corrected chi connectivity index (χ3v) is 3.41. The average Bonchev–Trinajstić information content (AvgIpc) is 2.25. The maximum absolute atomic E-state index is 12.0. The predicted octanol–water partition coefficient (Wildman–Crippen LogP) is 1.37. The summed E-state index contributed by atoms with van der Waals surface area (Å²) in [6.45, 7) is 0. The number of carbonyl (C=O) groups excluding carboxylic acids is 1. The highest BCUT2D eigenvalue weighted by Gasteiger charge is 2.37. The van der Waals surface area contributed by atoms with Crippen molar-refractivity contribution in [2.45, 2.75) is 18.4 Å². The molecule has 2 nitrogen and oxygen atoms in total. The number of benzene rings is 1. The number of allylic oxidation sites excluding steroid dienone is 1. The molecule has 0 saturated carbocycles. The van der Waals surface area contributed by atoms with E-state index in [1.807, 2.05) is 26.0 Å². The molecule has 0 amide bonds. The molecular formula is C12H13BClNO. The van der Waals surface area contributed by atoms with E-state index in [2.05, 4.69) is 0 Å². The van der Waals surface area contributed by atoms with Crippen molar-refractivity contribution >= 4 is 25.2 Å². The Morgan fingerprint density at radius 3 is 2.69 bits per heavy atom. The van der Waals surface area contributed by atoms with Crippen LogP contribution in [0.25, 0.3) is 0 Å². The van der Waals surface area contributed by atoms with Gasteiger partial charge in [0.1, 0.15) is 13.4 Å². The topological polar surface area (TPSA) is 43.1 Å². The summed E-state index contributed by atoms with van der Waals surface area (Å²) in [4.78, 5) is 12.0. The summed E-state index contributed by atoms with van der Waals surface area (Å²) < 4.78 is 0. The van der Waals surface area contributed by atoms with Crippen LogP contribution in [0.3, 0.4) is 0 Å². The Balaban J connectivity index is 2.48. The predicted molar refractivity (Wildman–Crippen MR) is 68.2 cm³/mol. The van der Waals surface area contributed by atoms with Gasteiger partial charge in [0.05, 0.1) is 0 Å². The van der Waals surface area contributed by atoms with Crippen LogP contribution in [-0.4, -0.2) is 13.6 Å². The van der Waals surface area contributed by atoms with E-state index in [1.54, 1.807) is 12.1 Å². The normalized spacial score (nSPS) is 25.4. The van der Waals surface area contributed by atoms with Crippen LogP contribution in [0.4, 0.5) is 0 Å². The fourth-order valence-corrected chi connectivity index (χ4v) is 2.34. The van der Waals surface area contributed by atoms with E-state index in [4.69, 9.17) is 17.3 Å². The van der Waals surface area contributed by atoms with Crippen LogP contribution in [0, 0.1) is 0 Å². The Hall–Kier alpha value is -1.06. The van der Waals surface area contributed by atoms with Crippen LogP contribution < -0.4 is 5.73 Å². The van der Waals surface area contributed by atoms with E-state index >= 15 is 0 Å². The molecule has 0 saturated heterocycles. The average molecular weight is 234 g/mol. The van der Waals surface area contributed by atoms with Gasteiger partial charge in [-0.1, -0.05) is 29.8 Å². The molecule has 0 heterocycles. The lowest BCUT2D eigenvalue weighted by Crippen LogP contribution is -2.46. The zero-order chi connectivity index (χ0) is 11.8. The SMILES string of the molecule is BC1=CC(=O)C(N)(c2ccccc2Cl)CC1. The van der Waals surface area contributed by atoms with E-state index in [1.165, 1.54) is 0 Å². The molecule has 0 bridgehead atoms. The van der Waals surface area contributed by atoms with Crippen LogP contribution in [0.2, 0.25) is 5.02 Å². The van der Waals surface area contributed by atoms with Crippen molar-refractivity contribution in [3.05, 3.63) is 46.4 Å². The van der Waals surface area contributed by atoms with Gasteiger partial charge in [-0.2, -0.15) is 0 Å². The molecule has 82 valence electrons. The summed E-state index contributed by atoms with van der Waals surface area (Å²) in [6, 6.07) is 7.29. The second-order valence-electron chi connectivity index (χ2n) is 4.31. The summed E-state index contributed by atoms with van der Waals surface area (Å²) in [6.07, 6.45) is 3.10. The minimum atomic E-state index is -0.947. The van der Waals surface area contributed by atoms with Crippen LogP contribution in [0.5, 0.6) is 0 Å². The minimum Gasteiger partial charge on any atom is -0.315 e. The van der Waals surface area contributed by atoms with Crippen LogP contribution in [-0.2, 0) is 10.3 Å². The monoisotopic (exact) mass is 233 g/mol. The summed E-state index contributed by atoms with van der Waals surface area (Å²) in [5, 5.41) is 0.561. The zero-order valence-corrected chi connectivity index (χ0v) is 9.92. The van der Waals surface area contributed by atoms with Crippen LogP contribution >= 0.6 is 11.6 Å². The molecule has 4 heteroatoms. The number of ketones is 1. The van der Waals surface area contributed by atoms with Gasteiger partial charge in [-0.05, 0) is 30.5 Å². The molecule has 1 aliphatic rings. The molecule has 1 aromatic rings. The van der Waals surface area contributed by atoms with Crippen molar-refractivity contribution in [1.82, 2.24) is 0 Å². The first-order valence-electron chi connectivity index (χ1n) is 5.29. The van der Waals surface area contributed by atoms with Gasteiger partial charge >= 0.3 is 0 Å². The minimum absolute atomic E-state index is 0.0515. The Labute approximate surface area is 101 Å². The van der Waals surface area contributed by atoms with Crippen molar-refractivity contribution < 1.29 is 4.79 Å². The van der Waals surface area contributed by atoms with Gasteiger partial charge in [-0.3, -0.25) is 4.79 Å². The van der Waals surface area contributed by atoms with Crippen molar-refractivity contribution in [2.75, 3.05) is 0 Å². The molecule has 16 heavy (non-hydrogen) atoms. The second-order valence-corrected chi connectivity index (χ2v) is 4.71. The standard InChI is InChI=1S/C12H13BClNO/c13-8-5-6-12(15,11(16)7-8)9-3-1-2-4-10(9)14/h1-4,7H,5-6,13,15H2. The summed E-state index contributed by atoms with van der Waals surface area (Å²) in [7, 11) is 1.95. The largest absolute Gasteiger partial charge is 0.315 e. The van der Waals surface area contributed by atoms with E-state index in [0.29, 0.717) is 11.4 Å². The molecule has 1 unspecified atom stereocenters. The van der Waals surface area contributed by atoms with Crippen LogP contribution in [0.15, 0.2) is 35.8 Å². The Kier molecular flexibility index (Phi) is 2.91. The van der Waals surface area contributed by atoms with E-state index in [-0.39, 0.29) is 5.78 Å².